The molecule has 21 heavy (non-hydrogen) atoms. The van der Waals surface area contributed by atoms with Gasteiger partial charge in [0, 0.05) is 22.2 Å². The minimum absolute atomic E-state index is 0.340. The van der Waals surface area contributed by atoms with Gasteiger partial charge in [0.15, 0.2) is 5.82 Å². The molecule has 3 aromatic rings. The molecule has 0 atom stereocenters. The summed E-state index contributed by atoms with van der Waals surface area (Å²) in [6.07, 6.45) is 1.70. The summed E-state index contributed by atoms with van der Waals surface area (Å²) < 4.78 is 0. The lowest BCUT2D eigenvalue weighted by molar-refractivity contribution is 0.879. The van der Waals surface area contributed by atoms with Crippen LogP contribution in [-0.2, 0) is 0 Å². The molecule has 1 aromatic carbocycles. The molecule has 0 saturated heterocycles. The van der Waals surface area contributed by atoms with Gasteiger partial charge in [-0.1, -0.05) is 18.2 Å². The average molecular weight is 282 g/mol. The monoisotopic (exact) mass is 282 g/mol. The number of benzene rings is 1. The average Bonchev–Trinajstić information content (AvgIpc) is 2.79. The standard InChI is InChI=1S/C14H14N6O/c1-8-11(10-5-3-4-6-12(10)16-8)7-15-19-13-9(2)18-20-14(21)17-13/h3-7,16H,1-2H3,(H2,17,19,20,21)/b15-7+. The lowest BCUT2D eigenvalue weighted by atomic mass is 10.1. The molecule has 0 spiro atoms. The van der Waals surface area contributed by atoms with Crippen molar-refractivity contribution in [3.63, 3.8) is 0 Å². The predicted molar refractivity (Wildman–Crippen MR) is 81.6 cm³/mol. The minimum Gasteiger partial charge on any atom is -0.358 e. The van der Waals surface area contributed by atoms with Crippen LogP contribution in [0.25, 0.3) is 10.9 Å². The zero-order chi connectivity index (χ0) is 14.8. The molecule has 0 bridgehead atoms. The van der Waals surface area contributed by atoms with E-state index in [1.54, 1.807) is 13.1 Å². The molecule has 0 amide bonds. The summed E-state index contributed by atoms with van der Waals surface area (Å²) in [7, 11) is 0. The summed E-state index contributed by atoms with van der Waals surface area (Å²) >= 11 is 0. The third-order valence-electron chi connectivity index (χ3n) is 3.18. The highest BCUT2D eigenvalue weighted by Gasteiger charge is 2.05. The van der Waals surface area contributed by atoms with Crippen molar-refractivity contribution in [2.45, 2.75) is 13.8 Å². The van der Waals surface area contributed by atoms with E-state index in [1.165, 1.54) is 0 Å². The normalized spacial score (nSPS) is 11.3. The number of fused-ring (bicyclic) bond motifs is 1. The van der Waals surface area contributed by atoms with Crippen LogP contribution in [0.5, 0.6) is 0 Å². The molecule has 0 aliphatic heterocycles. The molecule has 0 saturated carbocycles. The maximum atomic E-state index is 11.1. The Morgan fingerprint density at radius 1 is 1.29 bits per heavy atom. The Bertz CT molecular complexity index is 877. The summed E-state index contributed by atoms with van der Waals surface area (Å²) in [5.41, 5.74) is 5.88. The first kappa shape index (κ1) is 13.0. The highest BCUT2D eigenvalue weighted by atomic mass is 16.1. The first-order valence-corrected chi connectivity index (χ1v) is 6.45. The van der Waals surface area contributed by atoms with Gasteiger partial charge in [-0.15, -0.1) is 0 Å². The van der Waals surface area contributed by atoms with Gasteiger partial charge in [0.2, 0.25) is 0 Å². The molecule has 7 heteroatoms. The minimum atomic E-state index is -0.512. The maximum Gasteiger partial charge on any atom is 0.363 e. The molecule has 106 valence electrons. The van der Waals surface area contributed by atoms with Gasteiger partial charge in [0.05, 0.1) is 6.21 Å². The molecular formula is C14H14N6O. The molecule has 0 unspecified atom stereocenters. The van der Waals surface area contributed by atoms with Crippen molar-refractivity contribution in [2.75, 3.05) is 5.43 Å². The molecule has 2 aromatic heterocycles. The summed E-state index contributed by atoms with van der Waals surface area (Å²) in [5, 5.41) is 11.3. The number of aromatic nitrogens is 4. The number of nitrogens with zero attached hydrogens (tertiary/aromatic N) is 3. The Kier molecular flexibility index (Phi) is 3.23. The van der Waals surface area contributed by atoms with Crippen LogP contribution in [0.2, 0.25) is 0 Å². The summed E-state index contributed by atoms with van der Waals surface area (Å²) in [6, 6.07) is 8.00. The van der Waals surface area contributed by atoms with Crippen LogP contribution in [0.4, 0.5) is 5.82 Å². The number of para-hydroxylation sites is 1. The van der Waals surface area contributed by atoms with Crippen molar-refractivity contribution in [2.24, 2.45) is 5.10 Å². The number of aryl methyl sites for hydroxylation is 2. The highest BCUT2D eigenvalue weighted by molar-refractivity contribution is 6.00. The molecule has 2 heterocycles. The number of hydrogen-bond acceptors (Lipinski definition) is 5. The number of rotatable bonds is 3. The van der Waals surface area contributed by atoms with Crippen LogP contribution >= 0.6 is 0 Å². The van der Waals surface area contributed by atoms with Crippen molar-refractivity contribution in [3.8, 4) is 0 Å². The molecule has 3 rings (SSSR count). The van der Waals surface area contributed by atoms with Crippen LogP contribution in [0.1, 0.15) is 17.0 Å². The Morgan fingerprint density at radius 3 is 2.95 bits per heavy atom. The number of hydrazone groups is 1. The Labute approximate surface area is 120 Å². The number of aromatic amines is 2. The molecule has 7 nitrogen and oxygen atoms in total. The number of hydrogen-bond donors (Lipinski definition) is 3. The predicted octanol–water partition coefficient (Wildman–Crippen LogP) is 1.71. The fourth-order valence-electron chi connectivity index (χ4n) is 2.12. The van der Waals surface area contributed by atoms with Crippen molar-refractivity contribution in [1.29, 1.82) is 0 Å². The van der Waals surface area contributed by atoms with E-state index in [0.717, 1.165) is 22.2 Å². The zero-order valence-corrected chi connectivity index (χ0v) is 11.6. The van der Waals surface area contributed by atoms with E-state index in [-0.39, 0.29) is 0 Å². The van der Waals surface area contributed by atoms with E-state index >= 15 is 0 Å². The SMILES string of the molecule is Cc1n[nH]c(=O)nc1N/N=C/c1c(C)[nH]c2ccccc12. The third kappa shape index (κ3) is 2.53. The van der Waals surface area contributed by atoms with E-state index < -0.39 is 5.69 Å². The second-order valence-corrected chi connectivity index (χ2v) is 4.65. The van der Waals surface area contributed by atoms with Crippen molar-refractivity contribution in [1.82, 2.24) is 20.2 Å². The second-order valence-electron chi connectivity index (χ2n) is 4.65. The topological polar surface area (TPSA) is 98.8 Å². The van der Waals surface area contributed by atoms with Gasteiger partial charge in [0.25, 0.3) is 0 Å². The van der Waals surface area contributed by atoms with Crippen LogP contribution in [0.3, 0.4) is 0 Å². The quantitative estimate of drug-likeness (QED) is 0.503. The summed E-state index contributed by atoms with van der Waals surface area (Å²) in [4.78, 5) is 18.2. The van der Waals surface area contributed by atoms with Crippen LogP contribution in [0, 0.1) is 13.8 Å². The van der Waals surface area contributed by atoms with Gasteiger partial charge < -0.3 is 4.98 Å². The molecule has 0 aliphatic carbocycles. The van der Waals surface area contributed by atoms with Crippen molar-refractivity contribution in [3.05, 3.63) is 51.7 Å². The number of H-pyrrole nitrogens is 2. The molecule has 3 N–H and O–H groups in total. The fourth-order valence-corrected chi connectivity index (χ4v) is 2.12. The van der Waals surface area contributed by atoms with Crippen molar-refractivity contribution < 1.29 is 0 Å². The van der Waals surface area contributed by atoms with Crippen LogP contribution in [0.15, 0.2) is 34.2 Å². The van der Waals surface area contributed by atoms with E-state index in [2.05, 4.69) is 30.7 Å². The lowest BCUT2D eigenvalue weighted by Gasteiger charge is -2.00. The highest BCUT2D eigenvalue weighted by Crippen LogP contribution is 2.19. The number of anilines is 1. The number of nitrogens with one attached hydrogen (secondary N) is 3. The van der Waals surface area contributed by atoms with E-state index in [9.17, 15) is 4.79 Å². The van der Waals surface area contributed by atoms with Gasteiger partial charge in [-0.2, -0.15) is 15.2 Å². The van der Waals surface area contributed by atoms with Crippen LogP contribution < -0.4 is 11.1 Å². The third-order valence-corrected chi connectivity index (χ3v) is 3.18. The van der Waals surface area contributed by atoms with Gasteiger partial charge in [0.1, 0.15) is 5.69 Å². The molecule has 0 radical (unpaired) electrons. The maximum absolute atomic E-state index is 11.1. The smallest absolute Gasteiger partial charge is 0.358 e. The van der Waals surface area contributed by atoms with E-state index in [4.69, 9.17) is 0 Å². The van der Waals surface area contributed by atoms with Crippen LogP contribution in [-0.4, -0.2) is 26.4 Å². The van der Waals surface area contributed by atoms with Gasteiger partial charge in [-0.3, -0.25) is 5.43 Å². The first-order chi connectivity index (χ1) is 10.1. The zero-order valence-electron chi connectivity index (χ0n) is 11.6. The van der Waals surface area contributed by atoms with Gasteiger partial charge in [-0.25, -0.2) is 9.89 Å². The Hall–Kier alpha value is -2.96. The lowest BCUT2D eigenvalue weighted by Crippen LogP contribution is -2.15. The molecule has 0 fully saturated rings. The second kappa shape index (κ2) is 5.20. The van der Waals surface area contributed by atoms with E-state index in [0.29, 0.717) is 11.5 Å². The van der Waals surface area contributed by atoms with E-state index in [1.807, 2.05) is 31.2 Å². The van der Waals surface area contributed by atoms with Gasteiger partial charge in [-0.05, 0) is 19.9 Å². The Morgan fingerprint density at radius 2 is 2.10 bits per heavy atom. The summed E-state index contributed by atoms with van der Waals surface area (Å²) in [5.74, 6) is 0.340. The first-order valence-electron chi connectivity index (χ1n) is 6.45. The summed E-state index contributed by atoms with van der Waals surface area (Å²) in [6.45, 7) is 3.72. The molecule has 0 aliphatic rings. The molecular weight excluding hydrogens is 268 g/mol. The van der Waals surface area contributed by atoms with Crippen molar-refractivity contribution >= 4 is 22.9 Å². The Balaban J connectivity index is 1.90. The largest absolute Gasteiger partial charge is 0.363 e. The fraction of sp³-hybridized carbons (Fsp3) is 0.143. The van der Waals surface area contributed by atoms with Gasteiger partial charge >= 0.3 is 5.69 Å².